The van der Waals surface area contributed by atoms with Gasteiger partial charge in [0.2, 0.25) is 0 Å². The van der Waals surface area contributed by atoms with Gasteiger partial charge < -0.3 is 35.4 Å². The predicted octanol–water partition coefficient (Wildman–Crippen LogP) is 4.59. The Balaban J connectivity index is 1.10. The molecule has 244 valence electrons. The van der Waals surface area contributed by atoms with Crippen molar-refractivity contribution in [1.82, 2.24) is 19.6 Å². The third-order valence-electron chi connectivity index (χ3n) is 10.0. The van der Waals surface area contributed by atoms with Crippen molar-refractivity contribution in [2.75, 3.05) is 56.9 Å². The Labute approximate surface area is 276 Å². The highest BCUT2D eigenvalue weighted by molar-refractivity contribution is 6.33. The maximum atomic E-state index is 13.9. The summed E-state index contributed by atoms with van der Waals surface area (Å²) in [5.74, 6) is 2.34. The molecule has 11 heteroatoms. The predicted molar refractivity (Wildman–Crippen MR) is 179 cm³/mol. The van der Waals surface area contributed by atoms with Crippen LogP contribution in [-0.4, -0.2) is 102 Å². The first-order chi connectivity index (χ1) is 22.3. The molecule has 10 nitrogen and oxygen atoms in total. The van der Waals surface area contributed by atoms with Crippen molar-refractivity contribution in [3.63, 3.8) is 0 Å². The number of hydrogen-bond donors (Lipinski definition) is 2. The summed E-state index contributed by atoms with van der Waals surface area (Å²) in [6, 6.07) is 11.7. The van der Waals surface area contributed by atoms with Crippen molar-refractivity contribution in [2.24, 2.45) is 0 Å². The van der Waals surface area contributed by atoms with E-state index in [0.717, 1.165) is 43.6 Å². The number of nitrogens with two attached hydrogens (primary N) is 1. The first kappa shape index (κ1) is 32.0. The van der Waals surface area contributed by atoms with Gasteiger partial charge in [0.25, 0.3) is 5.91 Å². The second-order valence-electron chi connectivity index (χ2n) is 12.8. The lowest BCUT2D eigenvalue weighted by atomic mass is 10.00. The van der Waals surface area contributed by atoms with Gasteiger partial charge in [-0.2, -0.15) is 0 Å². The molecule has 46 heavy (non-hydrogen) atoms. The lowest BCUT2D eigenvalue weighted by Gasteiger charge is -2.39. The Morgan fingerprint density at radius 2 is 1.65 bits per heavy atom. The molecule has 0 aliphatic carbocycles. The number of para-hydroxylation sites is 1. The van der Waals surface area contributed by atoms with Crippen LogP contribution in [0.3, 0.4) is 0 Å². The zero-order valence-electron chi connectivity index (χ0n) is 26.3. The van der Waals surface area contributed by atoms with Crippen LogP contribution in [0, 0.1) is 12.3 Å². The summed E-state index contributed by atoms with van der Waals surface area (Å²) >= 11 is 6.37. The first-order valence-corrected chi connectivity index (χ1v) is 16.9. The fraction of sp³-hybridized carbons (Fsp3) is 0.514. The number of anilines is 2. The summed E-state index contributed by atoms with van der Waals surface area (Å²) in [5, 5.41) is 3.34. The molecule has 4 amide bonds. The number of nitrogen functional groups attached to an aromatic ring is 1. The van der Waals surface area contributed by atoms with Gasteiger partial charge in [-0.25, -0.2) is 9.59 Å². The van der Waals surface area contributed by atoms with Gasteiger partial charge >= 0.3 is 12.1 Å². The number of rotatable bonds is 6. The molecule has 3 N–H and O–H groups in total. The van der Waals surface area contributed by atoms with E-state index in [2.05, 4.69) is 16.1 Å². The number of piperidine rings is 2. The summed E-state index contributed by atoms with van der Waals surface area (Å²) in [4.78, 5) is 48.5. The highest BCUT2D eigenvalue weighted by Crippen LogP contribution is 2.28. The quantitative estimate of drug-likeness (QED) is 0.351. The molecule has 6 rings (SSSR count). The number of hydrogen-bond acceptors (Lipinski definition) is 6. The van der Waals surface area contributed by atoms with E-state index >= 15 is 0 Å². The highest BCUT2D eigenvalue weighted by atomic mass is 35.5. The molecule has 2 aromatic carbocycles. The average Bonchev–Trinajstić information content (AvgIpc) is 3.56. The second-order valence-corrected chi connectivity index (χ2v) is 13.2. The Kier molecular flexibility index (Phi) is 9.90. The number of halogens is 1. The maximum Gasteiger partial charge on any atom is 0.410 e. The molecule has 3 saturated heterocycles. The molecule has 0 spiro atoms. The van der Waals surface area contributed by atoms with Crippen LogP contribution in [0.1, 0.15) is 55.2 Å². The van der Waals surface area contributed by atoms with Crippen molar-refractivity contribution in [2.45, 2.75) is 69.6 Å². The van der Waals surface area contributed by atoms with E-state index in [9.17, 15) is 14.4 Å². The molecular weight excluding hydrogens is 604 g/mol. The van der Waals surface area contributed by atoms with E-state index in [1.807, 2.05) is 34.1 Å². The summed E-state index contributed by atoms with van der Waals surface area (Å²) in [6.07, 6.45) is 10.5. The number of carbonyl (C=O) groups is 3. The molecular formula is C35H43ClN6O4. The van der Waals surface area contributed by atoms with Crippen molar-refractivity contribution >= 4 is 41.0 Å². The summed E-state index contributed by atoms with van der Waals surface area (Å²) < 4.78 is 6.01. The normalized spacial score (nSPS) is 20.4. The van der Waals surface area contributed by atoms with E-state index in [1.54, 1.807) is 17.0 Å². The van der Waals surface area contributed by atoms with Crippen LogP contribution in [0.25, 0.3) is 0 Å². The number of nitrogens with one attached hydrogen (secondary N) is 1. The number of urea groups is 1. The summed E-state index contributed by atoms with van der Waals surface area (Å²) in [5.41, 5.74) is 9.44. The number of ether oxygens (including phenoxy) is 1. The number of carbonyl (C=O) groups excluding carboxylic acids is 3. The molecule has 3 fully saturated rings. The fourth-order valence-electron chi connectivity index (χ4n) is 7.36. The van der Waals surface area contributed by atoms with Crippen LogP contribution >= 0.6 is 11.6 Å². The smallest absolute Gasteiger partial charge is 0.410 e. The van der Waals surface area contributed by atoms with Crippen molar-refractivity contribution in [3.05, 3.63) is 58.1 Å². The number of benzene rings is 2. The monoisotopic (exact) mass is 646 g/mol. The Morgan fingerprint density at radius 3 is 2.37 bits per heavy atom. The number of likely N-dealkylation sites (tertiary alicyclic amines) is 3. The molecule has 0 aromatic heterocycles. The van der Waals surface area contributed by atoms with E-state index < -0.39 is 12.2 Å². The van der Waals surface area contributed by atoms with Crippen LogP contribution in [0.15, 0.2) is 36.4 Å². The molecule has 0 saturated carbocycles. The van der Waals surface area contributed by atoms with Gasteiger partial charge in [0.1, 0.15) is 0 Å². The van der Waals surface area contributed by atoms with E-state index in [-0.39, 0.29) is 24.4 Å². The Morgan fingerprint density at radius 1 is 0.978 bits per heavy atom. The number of amides is 4. The molecule has 4 heterocycles. The van der Waals surface area contributed by atoms with Gasteiger partial charge in [0.05, 0.1) is 10.7 Å². The minimum Gasteiger partial charge on any atom is -0.436 e. The van der Waals surface area contributed by atoms with Crippen LogP contribution in [0.4, 0.5) is 21.0 Å². The van der Waals surface area contributed by atoms with E-state index in [0.29, 0.717) is 73.4 Å². The van der Waals surface area contributed by atoms with Gasteiger partial charge in [-0.1, -0.05) is 35.7 Å². The topological polar surface area (TPSA) is 111 Å². The third kappa shape index (κ3) is 7.06. The molecule has 0 radical (unpaired) electrons. The maximum absolute atomic E-state index is 13.9. The van der Waals surface area contributed by atoms with Gasteiger partial charge in [-0.15, -0.1) is 6.42 Å². The molecule has 4 aliphatic heterocycles. The number of nitrogens with zero attached hydrogens (tertiary/aromatic N) is 4. The molecule has 2 aromatic rings. The fourth-order valence-corrected chi connectivity index (χ4v) is 7.60. The highest BCUT2D eigenvalue weighted by Gasteiger charge is 2.36. The van der Waals surface area contributed by atoms with Crippen LogP contribution in [0.2, 0.25) is 5.02 Å². The minimum absolute atomic E-state index is 0.00629. The number of terminal acetylenes is 1. The minimum atomic E-state index is -1.03. The van der Waals surface area contributed by atoms with Gasteiger partial charge in [0.15, 0.2) is 6.10 Å². The lowest BCUT2D eigenvalue weighted by molar-refractivity contribution is -0.142. The SMILES string of the molecule is C#Cc1cc(C[C@@H](OC(=O)N2CCC(N3CCc4ccccc4NC3=O)CC2)C(=O)N2CCC(N3CCCC3)CC2)cc(Cl)c1N. The molecule has 0 bridgehead atoms. The van der Waals surface area contributed by atoms with Crippen LogP contribution in [0.5, 0.6) is 0 Å². The van der Waals surface area contributed by atoms with Crippen LogP contribution in [-0.2, 0) is 22.4 Å². The summed E-state index contributed by atoms with van der Waals surface area (Å²) in [7, 11) is 0. The Hall–Kier alpha value is -3.94. The number of fused-ring (bicyclic) bond motifs is 1. The van der Waals surface area contributed by atoms with E-state index in [4.69, 9.17) is 28.5 Å². The zero-order valence-corrected chi connectivity index (χ0v) is 27.0. The van der Waals surface area contributed by atoms with Crippen molar-refractivity contribution in [3.8, 4) is 12.3 Å². The second kappa shape index (κ2) is 14.2. The van der Waals surface area contributed by atoms with Gasteiger partial charge in [-0.05, 0) is 87.4 Å². The van der Waals surface area contributed by atoms with Gasteiger partial charge in [-0.3, -0.25) is 4.79 Å². The lowest BCUT2D eigenvalue weighted by Crippen LogP contribution is -2.52. The molecule has 1 atom stereocenters. The molecule has 4 aliphatic rings. The third-order valence-corrected chi connectivity index (χ3v) is 10.3. The largest absolute Gasteiger partial charge is 0.436 e. The van der Waals surface area contributed by atoms with Crippen molar-refractivity contribution in [1.29, 1.82) is 0 Å². The van der Waals surface area contributed by atoms with Crippen LogP contribution < -0.4 is 11.1 Å². The standard InChI is InChI=1S/C35H43ClN6O4/c1-2-25-21-24(22-29(36)32(25)37)23-31(33(43)40-16-10-27(11-17-40)39-14-5-6-15-39)46-35(45)41-18-12-28(13-19-41)42-20-9-26-7-3-4-8-30(26)38-34(42)44/h1,3-4,7-8,21-22,27-28,31H,5-6,9-20,23,37H2,(H,38,44)/t31-/m1/s1. The molecule has 0 unspecified atom stereocenters. The Bertz CT molecular complexity index is 1490. The van der Waals surface area contributed by atoms with Gasteiger partial charge in [0, 0.05) is 62.5 Å². The summed E-state index contributed by atoms with van der Waals surface area (Å²) in [6.45, 7) is 4.97. The zero-order chi connectivity index (χ0) is 32.2. The average molecular weight is 647 g/mol. The first-order valence-electron chi connectivity index (χ1n) is 16.5. The van der Waals surface area contributed by atoms with E-state index in [1.165, 1.54) is 12.8 Å². The van der Waals surface area contributed by atoms with Crippen molar-refractivity contribution < 1.29 is 19.1 Å².